The van der Waals surface area contributed by atoms with E-state index in [1.807, 2.05) is 0 Å². The number of benzene rings is 1. The zero-order valence-corrected chi connectivity index (χ0v) is 36.1. The van der Waals surface area contributed by atoms with Crippen molar-refractivity contribution in [3.8, 4) is 5.75 Å². The van der Waals surface area contributed by atoms with E-state index in [-0.39, 0.29) is 37.2 Å². The molecule has 18 heteroatoms. The van der Waals surface area contributed by atoms with Crippen molar-refractivity contribution >= 4 is 45.5 Å². The second kappa shape index (κ2) is 31.6. The molecule has 0 unspecified atom stereocenters. The molecule has 0 saturated heterocycles. The molecule has 1 aromatic rings. The second-order valence-electron chi connectivity index (χ2n) is 15.0. The number of aromatic hydroxyl groups is 1. The Morgan fingerprint density at radius 2 is 1.17 bits per heavy atom. The van der Waals surface area contributed by atoms with Gasteiger partial charge in [0.25, 0.3) is 0 Å². The first-order valence-corrected chi connectivity index (χ1v) is 23.0. The van der Waals surface area contributed by atoms with Crippen LogP contribution in [0.4, 0.5) is 0 Å². The van der Waals surface area contributed by atoms with Gasteiger partial charge in [-0.1, -0.05) is 103 Å². The lowest BCUT2D eigenvalue weighted by atomic mass is 10.0. The van der Waals surface area contributed by atoms with Crippen molar-refractivity contribution in [3.63, 3.8) is 0 Å². The number of carbonyl (C=O) groups excluding carboxylic acids is 6. The molecule has 0 radical (unpaired) electrons. The first-order valence-electron chi connectivity index (χ1n) is 21.3. The summed E-state index contributed by atoms with van der Waals surface area (Å²) < 4.78 is 27.2. The van der Waals surface area contributed by atoms with Gasteiger partial charge in [-0.3, -0.25) is 28.8 Å². The van der Waals surface area contributed by atoms with E-state index in [2.05, 4.69) is 38.2 Å². The lowest BCUT2D eigenvalue weighted by Gasteiger charge is -2.25. The number of sulfonamides is 1. The molecule has 0 bridgehead atoms. The Labute approximate surface area is 351 Å². The molecule has 0 aliphatic carbocycles. The minimum absolute atomic E-state index is 0.0305. The first kappa shape index (κ1) is 52.7. The molecule has 336 valence electrons. The Hall–Kier alpha value is -4.29. The van der Waals surface area contributed by atoms with Crippen molar-refractivity contribution < 1.29 is 42.3 Å². The van der Waals surface area contributed by atoms with Gasteiger partial charge in [-0.05, 0) is 56.3 Å². The molecule has 1 aromatic carbocycles. The summed E-state index contributed by atoms with van der Waals surface area (Å²) in [6.07, 6.45) is 16.8. The Balaban J connectivity index is 2.70. The largest absolute Gasteiger partial charge is 0.508 e. The predicted molar refractivity (Wildman–Crippen MR) is 228 cm³/mol. The van der Waals surface area contributed by atoms with Crippen molar-refractivity contribution in [3.05, 3.63) is 29.8 Å². The van der Waals surface area contributed by atoms with Gasteiger partial charge in [0.1, 0.15) is 23.9 Å². The summed E-state index contributed by atoms with van der Waals surface area (Å²) in [7, 11) is -2.31. The van der Waals surface area contributed by atoms with E-state index in [9.17, 15) is 42.3 Å². The van der Waals surface area contributed by atoms with Crippen LogP contribution in [0.3, 0.4) is 0 Å². The van der Waals surface area contributed by atoms with Gasteiger partial charge < -0.3 is 43.2 Å². The van der Waals surface area contributed by atoms with Crippen LogP contribution in [0.15, 0.2) is 24.3 Å². The smallest absolute Gasteiger partial charge is 0.243 e. The third-order valence-corrected chi connectivity index (χ3v) is 11.2. The van der Waals surface area contributed by atoms with Crippen LogP contribution < -0.4 is 42.8 Å². The van der Waals surface area contributed by atoms with Gasteiger partial charge in [0, 0.05) is 19.9 Å². The number of phenols is 1. The monoisotopic (exact) mass is 853 g/mol. The molecule has 0 heterocycles. The minimum atomic E-state index is -3.72. The normalized spacial score (nSPS) is 12.8. The third kappa shape index (κ3) is 26.4. The van der Waals surface area contributed by atoms with E-state index in [0.717, 1.165) is 25.7 Å². The first-order chi connectivity index (χ1) is 28.2. The molecule has 3 atom stereocenters. The Bertz CT molecular complexity index is 1510. The van der Waals surface area contributed by atoms with Crippen LogP contribution in [-0.4, -0.2) is 99.5 Å². The quantitative estimate of drug-likeness (QED) is 0.0448. The average molecular weight is 853 g/mol. The van der Waals surface area contributed by atoms with Crippen LogP contribution in [0.2, 0.25) is 0 Å². The number of rotatable bonds is 35. The number of hydrogen-bond acceptors (Lipinski definition) is 10. The molecule has 1 rings (SSSR count). The highest BCUT2D eigenvalue weighted by Crippen LogP contribution is 2.14. The summed E-state index contributed by atoms with van der Waals surface area (Å²) in [5.41, 5.74) is 11.4. The molecular formula is C41H72N8O9S. The molecule has 11 N–H and O–H groups in total. The maximum absolute atomic E-state index is 13.7. The highest BCUT2D eigenvalue weighted by molar-refractivity contribution is 7.89. The fraction of sp³-hybridized carbons (Fsp3) is 0.707. The summed E-state index contributed by atoms with van der Waals surface area (Å²) in [5, 5.41) is 22.2. The molecule has 0 aromatic heterocycles. The second-order valence-corrected chi connectivity index (χ2v) is 17.0. The maximum atomic E-state index is 13.7. The fourth-order valence-electron chi connectivity index (χ4n) is 6.33. The van der Waals surface area contributed by atoms with Gasteiger partial charge in [0.05, 0.1) is 18.8 Å². The Morgan fingerprint density at radius 1 is 0.644 bits per heavy atom. The van der Waals surface area contributed by atoms with Crippen molar-refractivity contribution in [2.75, 3.05) is 32.4 Å². The van der Waals surface area contributed by atoms with Crippen molar-refractivity contribution in [2.24, 2.45) is 11.5 Å². The van der Waals surface area contributed by atoms with Crippen LogP contribution >= 0.6 is 0 Å². The lowest BCUT2D eigenvalue weighted by Crippen LogP contribution is -2.57. The van der Waals surface area contributed by atoms with E-state index in [1.54, 1.807) is 0 Å². The number of phenolic OH excluding ortho intramolecular Hbond substituents is 1. The number of carbonyl (C=O) groups is 6. The standard InChI is InChI=1S/C41H72N8O9S/c1-3-4-5-6-7-8-9-10-11-12-13-14-15-18-27-59(57,58)46-30-37(52)45-29-38(53)47-35(28-31-20-22-32(50)23-21-31)41(56)49-34(24-25-36(43)51)40(55)48-33(39(54)44-2)19-16-17-26-42/h20-23,33-35,46,50H,3-19,24-30,42H2,1-2H3,(H2,43,51)(H,44,54)(H,45,52)(H,47,53)(H,48,55)(H,49,56)/t33-,34-,35-/m0/s1. The zero-order valence-electron chi connectivity index (χ0n) is 35.3. The van der Waals surface area contributed by atoms with Gasteiger partial charge in [-0.2, -0.15) is 0 Å². The van der Waals surface area contributed by atoms with Crippen molar-refractivity contribution in [1.29, 1.82) is 0 Å². The molecule has 0 saturated carbocycles. The maximum Gasteiger partial charge on any atom is 0.243 e. The van der Waals surface area contributed by atoms with Gasteiger partial charge in [-0.15, -0.1) is 0 Å². The van der Waals surface area contributed by atoms with Gasteiger partial charge in [0.15, 0.2) is 0 Å². The highest BCUT2D eigenvalue weighted by Gasteiger charge is 2.30. The number of hydrogen-bond donors (Lipinski definition) is 9. The average Bonchev–Trinajstić information content (AvgIpc) is 3.20. The molecule has 59 heavy (non-hydrogen) atoms. The highest BCUT2D eigenvalue weighted by atomic mass is 32.2. The minimum Gasteiger partial charge on any atom is -0.508 e. The summed E-state index contributed by atoms with van der Waals surface area (Å²) >= 11 is 0. The third-order valence-electron chi connectivity index (χ3n) is 9.83. The van der Waals surface area contributed by atoms with Crippen LogP contribution in [0, 0.1) is 0 Å². The number of unbranched alkanes of at least 4 members (excludes halogenated alkanes) is 14. The topological polar surface area (TPSA) is 281 Å². The SMILES string of the molecule is CCCCCCCCCCCCCCCCS(=O)(=O)NCC(=O)NCC(=O)N[C@@H](Cc1ccc(O)cc1)C(=O)N[C@@H](CCC(N)=O)C(=O)N[C@@H](CCCCN)C(=O)NC. The molecule has 0 fully saturated rings. The van der Waals surface area contributed by atoms with Gasteiger partial charge in [-0.25, -0.2) is 13.1 Å². The summed E-state index contributed by atoms with van der Waals surface area (Å²) in [6, 6.07) is 2.25. The number of likely N-dealkylation sites (N-methyl/N-ethyl adjacent to an activating group) is 1. The van der Waals surface area contributed by atoms with E-state index < -0.39 is 76.7 Å². The number of amides is 6. The van der Waals surface area contributed by atoms with E-state index in [0.29, 0.717) is 31.4 Å². The number of primary amides is 1. The summed E-state index contributed by atoms with van der Waals surface area (Å²) in [5.74, 6) is -4.47. The Kier molecular flexibility index (Phi) is 28.2. The molecule has 6 amide bonds. The summed E-state index contributed by atoms with van der Waals surface area (Å²) in [4.78, 5) is 76.7. The van der Waals surface area contributed by atoms with Gasteiger partial charge in [0.2, 0.25) is 45.5 Å². The molecule has 0 aliphatic rings. The molecule has 17 nitrogen and oxygen atoms in total. The van der Waals surface area contributed by atoms with Crippen LogP contribution in [0.5, 0.6) is 5.75 Å². The van der Waals surface area contributed by atoms with Crippen LogP contribution in [0.1, 0.15) is 134 Å². The van der Waals surface area contributed by atoms with Gasteiger partial charge >= 0.3 is 0 Å². The predicted octanol–water partition coefficient (Wildman–Crippen LogP) is 2.05. The lowest BCUT2D eigenvalue weighted by molar-refractivity contribution is -0.134. The number of nitrogens with two attached hydrogens (primary N) is 2. The Morgan fingerprint density at radius 3 is 1.69 bits per heavy atom. The molecule has 0 aliphatic heterocycles. The van der Waals surface area contributed by atoms with Crippen molar-refractivity contribution in [1.82, 2.24) is 31.3 Å². The summed E-state index contributed by atoms with van der Waals surface area (Å²) in [6.45, 7) is 1.44. The molecule has 0 spiro atoms. The van der Waals surface area contributed by atoms with Crippen molar-refractivity contribution in [2.45, 2.75) is 153 Å². The zero-order chi connectivity index (χ0) is 43.9. The van der Waals surface area contributed by atoms with E-state index >= 15 is 0 Å². The van der Waals surface area contributed by atoms with Crippen LogP contribution in [-0.2, 0) is 45.2 Å². The molecular weight excluding hydrogens is 781 g/mol. The van der Waals surface area contributed by atoms with E-state index in [1.165, 1.54) is 89.1 Å². The van der Waals surface area contributed by atoms with E-state index in [4.69, 9.17) is 11.5 Å². The fourth-order valence-corrected chi connectivity index (χ4v) is 7.41. The van der Waals surface area contributed by atoms with Crippen LogP contribution in [0.25, 0.3) is 0 Å². The number of nitrogens with one attached hydrogen (secondary N) is 6.